The molecular weight excluding hydrogens is 1420 g/mol. The molecule has 4 aliphatic rings. The molecule has 0 spiro atoms. The average Bonchev–Trinajstić information content (AvgIpc) is 1.80. The van der Waals surface area contributed by atoms with Gasteiger partial charge in [-0.2, -0.15) is 0 Å². The summed E-state index contributed by atoms with van der Waals surface area (Å²) in [6.07, 6.45) is 13.9. The number of nitrogens with two attached hydrogens (primary N) is 4. The third-order valence-electron chi connectivity index (χ3n) is 16.9. The van der Waals surface area contributed by atoms with Crippen LogP contribution < -0.4 is 97.4 Å². The van der Waals surface area contributed by atoms with Crippen LogP contribution in [0.15, 0.2) is 23.5 Å². The molecule has 0 heterocycles. The van der Waals surface area contributed by atoms with Gasteiger partial charge in [0.15, 0.2) is 0 Å². The SMILES string of the molecule is COC(=O)NCCCC[C@H](NC(=O)OC)C(=O)NCCC(=O)N(CC(=O)NCCC=C(NC1CC1)C(N)=O)CC(=O)NCCCC[C@H](NC1CC1)C(N)=O.COC(=O)NCCCC[C@H](NC(=O)OC)C(=O)NCCC(=O)N(CC(=O)NCCC=C(NC1CC1)C(N)=O)CC(=O)NCCCC[C@H](NC1CC1)C(N)=O. The van der Waals surface area contributed by atoms with Gasteiger partial charge in [0.05, 0.1) is 51.9 Å². The normalized spacial score (nSPS) is 14.7. The lowest BCUT2D eigenvalue weighted by molar-refractivity contribution is -0.139. The average molecular weight is 1530 g/mol. The number of hydrogen-bond donors (Lipinski definition) is 18. The first-order chi connectivity index (χ1) is 51.6. The van der Waals surface area contributed by atoms with E-state index in [4.69, 9.17) is 22.9 Å². The molecule has 0 aromatic carbocycles. The van der Waals surface area contributed by atoms with Crippen molar-refractivity contribution in [3.63, 3.8) is 0 Å². The van der Waals surface area contributed by atoms with E-state index in [0.29, 0.717) is 102 Å². The van der Waals surface area contributed by atoms with Crippen molar-refractivity contribution in [3.05, 3.63) is 23.5 Å². The zero-order chi connectivity index (χ0) is 79.8. The maximum absolute atomic E-state index is 13.3. The van der Waals surface area contributed by atoms with Crippen molar-refractivity contribution in [1.29, 1.82) is 0 Å². The Morgan fingerprint density at radius 3 is 0.917 bits per heavy atom. The van der Waals surface area contributed by atoms with Crippen molar-refractivity contribution in [2.45, 2.75) is 202 Å². The van der Waals surface area contributed by atoms with E-state index >= 15 is 0 Å². The molecule has 608 valence electrons. The van der Waals surface area contributed by atoms with Gasteiger partial charge in [-0.3, -0.25) is 57.5 Å². The third-order valence-corrected chi connectivity index (χ3v) is 16.9. The van der Waals surface area contributed by atoms with Gasteiger partial charge in [-0.15, -0.1) is 0 Å². The highest BCUT2D eigenvalue weighted by Crippen LogP contribution is 2.23. The van der Waals surface area contributed by atoms with Gasteiger partial charge in [-0.25, -0.2) is 19.2 Å². The highest BCUT2D eigenvalue weighted by atomic mass is 16.5. The van der Waals surface area contributed by atoms with E-state index in [0.717, 1.165) is 75.4 Å². The lowest BCUT2D eigenvalue weighted by Gasteiger charge is -2.22. The van der Waals surface area contributed by atoms with Gasteiger partial charge < -0.3 is 126 Å². The molecule has 0 bridgehead atoms. The van der Waals surface area contributed by atoms with Crippen molar-refractivity contribution in [2.75, 3.05) is 107 Å². The highest BCUT2D eigenvalue weighted by molar-refractivity contribution is 5.93. The molecule has 0 saturated heterocycles. The number of hydrogen-bond acceptors (Lipinski definition) is 24. The quantitative estimate of drug-likeness (QED) is 0.0158. The molecule has 4 atom stereocenters. The second-order valence-corrected chi connectivity index (χ2v) is 26.3. The van der Waals surface area contributed by atoms with Crippen LogP contribution in [0.5, 0.6) is 0 Å². The maximum Gasteiger partial charge on any atom is 0.407 e. The summed E-state index contributed by atoms with van der Waals surface area (Å²) >= 11 is 0. The van der Waals surface area contributed by atoms with Gasteiger partial charge in [0.25, 0.3) is 11.8 Å². The number of nitrogens with zero attached hydrogens (tertiary/aromatic N) is 2. The number of methoxy groups -OCH3 is 4. The van der Waals surface area contributed by atoms with Gasteiger partial charge in [0, 0.05) is 89.4 Å². The van der Waals surface area contributed by atoms with Crippen molar-refractivity contribution in [3.8, 4) is 0 Å². The third kappa shape index (κ3) is 44.0. The van der Waals surface area contributed by atoms with E-state index < -0.39 is 146 Å². The fourth-order valence-electron chi connectivity index (χ4n) is 10.2. The largest absolute Gasteiger partial charge is 0.453 e. The first-order valence-electron chi connectivity index (χ1n) is 36.8. The summed E-state index contributed by atoms with van der Waals surface area (Å²) < 4.78 is 18.3. The topological polar surface area (TPSA) is 589 Å². The molecule has 4 aliphatic carbocycles. The van der Waals surface area contributed by atoms with E-state index in [-0.39, 0.29) is 88.4 Å². The minimum atomic E-state index is -0.996. The van der Waals surface area contributed by atoms with Crippen LogP contribution in [0.4, 0.5) is 19.2 Å². The molecular formula is C68H116N20O20. The van der Waals surface area contributed by atoms with Gasteiger partial charge >= 0.3 is 24.4 Å². The second-order valence-electron chi connectivity index (χ2n) is 26.3. The molecule has 16 amide bonds. The second kappa shape index (κ2) is 52.7. The van der Waals surface area contributed by atoms with Crippen molar-refractivity contribution >= 4 is 95.3 Å². The van der Waals surface area contributed by atoms with E-state index in [1.54, 1.807) is 12.2 Å². The summed E-state index contributed by atoms with van der Waals surface area (Å²) in [5.41, 5.74) is 22.4. The highest BCUT2D eigenvalue weighted by Gasteiger charge is 2.31. The molecule has 4 fully saturated rings. The molecule has 0 aliphatic heterocycles. The van der Waals surface area contributed by atoms with E-state index in [1.807, 2.05) is 0 Å². The zero-order valence-electron chi connectivity index (χ0n) is 62.6. The van der Waals surface area contributed by atoms with Crippen LogP contribution in [0.3, 0.4) is 0 Å². The lowest BCUT2D eigenvalue weighted by Crippen LogP contribution is -2.49. The van der Waals surface area contributed by atoms with Crippen molar-refractivity contribution in [2.24, 2.45) is 22.9 Å². The Hall–Kier alpha value is -10.3. The molecule has 4 rings (SSSR count). The number of unbranched alkanes of at least 4 members (excludes halogenated alkanes) is 4. The summed E-state index contributed by atoms with van der Waals surface area (Å²) in [6.45, 7) is -0.684. The molecule has 0 aromatic rings. The number of amides is 16. The molecule has 0 aromatic heterocycles. The van der Waals surface area contributed by atoms with E-state index in [2.05, 4.69) is 93.4 Å². The molecule has 40 heteroatoms. The van der Waals surface area contributed by atoms with Crippen LogP contribution >= 0.6 is 0 Å². The molecule has 40 nitrogen and oxygen atoms in total. The fraction of sp³-hybridized carbons (Fsp3) is 0.706. The molecule has 4 saturated carbocycles. The molecule has 22 N–H and O–H groups in total. The lowest BCUT2D eigenvalue weighted by atomic mass is 10.1. The van der Waals surface area contributed by atoms with E-state index in [1.165, 1.54) is 14.2 Å². The van der Waals surface area contributed by atoms with E-state index in [9.17, 15) is 76.7 Å². The van der Waals surface area contributed by atoms with Crippen molar-refractivity contribution < 1.29 is 95.7 Å². The predicted molar refractivity (Wildman–Crippen MR) is 390 cm³/mol. The summed E-state index contributed by atoms with van der Waals surface area (Å²) in [4.78, 5) is 199. The van der Waals surface area contributed by atoms with Crippen LogP contribution in [0, 0.1) is 0 Å². The number of rotatable bonds is 56. The predicted octanol–water partition coefficient (Wildman–Crippen LogP) is -3.82. The van der Waals surface area contributed by atoms with Gasteiger partial charge in [-0.1, -0.05) is 12.2 Å². The number of nitrogens with one attached hydrogen (secondary N) is 14. The Balaban J connectivity index is 0.000000560. The monoisotopic (exact) mass is 1530 g/mol. The number of primary amides is 4. The minimum Gasteiger partial charge on any atom is -0.453 e. The Labute approximate surface area is 628 Å². The Bertz CT molecular complexity index is 2840. The number of alkyl carbamates (subject to hydrolysis) is 4. The number of ether oxygens (including phenoxy) is 4. The van der Waals surface area contributed by atoms with Crippen LogP contribution in [0.1, 0.15) is 154 Å². The van der Waals surface area contributed by atoms with Gasteiger partial charge in [0.2, 0.25) is 59.1 Å². The molecule has 0 radical (unpaired) electrons. The minimum absolute atomic E-state index is 0.140. The number of carbonyl (C=O) groups excluding carboxylic acids is 16. The first-order valence-corrected chi connectivity index (χ1v) is 36.8. The van der Waals surface area contributed by atoms with Crippen LogP contribution in [0.2, 0.25) is 0 Å². The van der Waals surface area contributed by atoms with Gasteiger partial charge in [0.1, 0.15) is 38.3 Å². The first kappa shape index (κ1) is 91.9. The summed E-state index contributed by atoms with van der Waals surface area (Å²) in [6, 6.07) is -1.81. The van der Waals surface area contributed by atoms with Crippen LogP contribution in [-0.4, -0.2) is 260 Å². The van der Waals surface area contributed by atoms with Crippen LogP contribution in [0.25, 0.3) is 0 Å². The Morgan fingerprint density at radius 2 is 0.639 bits per heavy atom. The molecule has 108 heavy (non-hydrogen) atoms. The summed E-state index contributed by atoms with van der Waals surface area (Å²) in [5.74, 6) is -6.51. The Kier molecular flexibility index (Phi) is 44.8. The van der Waals surface area contributed by atoms with Gasteiger partial charge in [-0.05, 0) is 141 Å². The summed E-state index contributed by atoms with van der Waals surface area (Å²) in [5, 5.41) is 38.4. The fourth-order valence-corrected chi connectivity index (χ4v) is 10.2. The van der Waals surface area contributed by atoms with Crippen molar-refractivity contribution in [1.82, 2.24) is 84.2 Å². The Morgan fingerprint density at radius 1 is 0.352 bits per heavy atom. The summed E-state index contributed by atoms with van der Waals surface area (Å²) in [7, 11) is 4.78. The smallest absolute Gasteiger partial charge is 0.407 e. The van der Waals surface area contributed by atoms with Crippen LogP contribution in [-0.2, 0) is 76.5 Å². The zero-order valence-corrected chi connectivity index (χ0v) is 62.6. The standard InChI is InChI=1S/2C34H58N10O10/c2*1-53-33(51)40-17-6-4-9-26(43-34(52)54-2)32(50)39-19-15-29(47)44(21-28(46)38-18-7-10-25(31(36)49)42-23-13-14-23)20-27(45)37-16-5-3-8-24(30(35)48)41-22-11-12-22/h2*10,22-24,26,41-42H,3-9,11-21H2,1-2H3,(H2,35,48)(H2,36,49)(H,37,45)(H,38,46)(H,39,50)(H,40,51)(H,43,52)/t2*24-,26-/m00/s1. The maximum atomic E-state index is 13.3. The number of carbonyl (C=O) groups is 16. The molecule has 0 unspecified atom stereocenters.